The Morgan fingerprint density at radius 2 is 2.05 bits per heavy atom. The van der Waals surface area contributed by atoms with Crippen molar-refractivity contribution in [1.29, 1.82) is 0 Å². The number of pyridine rings is 2. The molecule has 0 spiro atoms. The zero-order chi connectivity index (χ0) is 15.7. The smallest absolute Gasteiger partial charge is 0.224 e. The monoisotopic (exact) mass is 383 g/mol. The fourth-order valence-electron chi connectivity index (χ4n) is 2.75. The first kappa shape index (κ1) is 15.5. The zero-order valence-corrected chi connectivity index (χ0v) is 14.1. The van der Waals surface area contributed by atoms with E-state index in [1.54, 1.807) is 12.3 Å². The molecule has 0 atom stereocenters. The molecule has 22 heavy (non-hydrogen) atoms. The van der Waals surface area contributed by atoms with E-state index >= 15 is 0 Å². The van der Waals surface area contributed by atoms with E-state index in [1.165, 1.54) is 0 Å². The number of hydrogen-bond acceptors (Lipinski definition) is 4. The quantitative estimate of drug-likeness (QED) is 0.822. The first-order valence-electron chi connectivity index (χ1n) is 7.10. The molecule has 0 radical (unpaired) electrons. The molecule has 5 nitrogen and oxygen atoms in total. The lowest BCUT2D eigenvalue weighted by molar-refractivity contribution is -0.123. The van der Waals surface area contributed by atoms with Gasteiger partial charge in [-0.3, -0.25) is 9.78 Å². The zero-order valence-electron chi connectivity index (χ0n) is 11.8. The Hall–Kier alpha value is -1.40. The normalized spacial score (nSPS) is 21.7. The number of nitrogens with zero attached hydrogens (tertiary/aromatic N) is 2. The van der Waals surface area contributed by atoms with Gasteiger partial charge in [0.15, 0.2) is 0 Å². The van der Waals surface area contributed by atoms with Gasteiger partial charge in [-0.15, -0.1) is 0 Å². The molecule has 0 aliphatic heterocycles. The van der Waals surface area contributed by atoms with Crippen LogP contribution in [0.3, 0.4) is 0 Å². The Morgan fingerprint density at radius 3 is 2.73 bits per heavy atom. The number of fused-ring (bicyclic) bond motifs is 1. The average Bonchev–Trinajstić information content (AvgIpc) is 2.48. The summed E-state index contributed by atoms with van der Waals surface area (Å²) in [6, 6.07) is 3.62. The van der Waals surface area contributed by atoms with Crippen LogP contribution in [0, 0.1) is 5.92 Å². The molecule has 2 N–H and O–H groups in total. The highest BCUT2D eigenvalue weighted by Gasteiger charge is 2.26. The van der Waals surface area contributed by atoms with Crippen LogP contribution < -0.4 is 10.5 Å². The molecule has 1 aliphatic rings. The number of hydrogen-bond donors (Lipinski definition) is 1. The number of rotatable bonds is 3. The van der Waals surface area contributed by atoms with E-state index in [4.69, 9.17) is 22.1 Å². The Kier molecular flexibility index (Phi) is 4.49. The standard InChI is InChI=1S/C15H15BrClN3O2/c16-9-5-11-12(19-7-9)6-13(17)20-15(11)22-10-3-1-8(2-4-10)14(18)21/h5-8,10H,1-4H2,(H2,18,21)/t8-,10+. The number of aromatic nitrogens is 2. The van der Waals surface area contributed by atoms with Crippen LogP contribution in [0.15, 0.2) is 22.8 Å². The van der Waals surface area contributed by atoms with Crippen LogP contribution >= 0.6 is 27.5 Å². The van der Waals surface area contributed by atoms with E-state index < -0.39 is 0 Å². The molecule has 1 amide bonds. The lowest BCUT2D eigenvalue weighted by Gasteiger charge is -2.27. The minimum Gasteiger partial charge on any atom is -0.474 e. The van der Waals surface area contributed by atoms with Crippen LogP contribution in [0.4, 0.5) is 0 Å². The van der Waals surface area contributed by atoms with Gasteiger partial charge < -0.3 is 10.5 Å². The summed E-state index contributed by atoms with van der Waals surface area (Å²) < 4.78 is 6.88. The predicted molar refractivity (Wildman–Crippen MR) is 87.8 cm³/mol. The summed E-state index contributed by atoms with van der Waals surface area (Å²) in [5.41, 5.74) is 6.09. The van der Waals surface area contributed by atoms with Gasteiger partial charge in [0.05, 0.1) is 10.9 Å². The second kappa shape index (κ2) is 6.38. The van der Waals surface area contributed by atoms with Gasteiger partial charge in [-0.05, 0) is 47.7 Å². The Morgan fingerprint density at radius 1 is 1.32 bits per heavy atom. The van der Waals surface area contributed by atoms with Crippen molar-refractivity contribution in [3.05, 3.63) is 28.0 Å². The number of amides is 1. The highest BCUT2D eigenvalue weighted by molar-refractivity contribution is 9.10. The molecule has 1 fully saturated rings. The maximum Gasteiger partial charge on any atom is 0.224 e. The van der Waals surface area contributed by atoms with Crippen LogP contribution in [0.5, 0.6) is 5.88 Å². The van der Waals surface area contributed by atoms with Gasteiger partial charge in [0, 0.05) is 22.7 Å². The second-order valence-electron chi connectivity index (χ2n) is 5.46. The summed E-state index contributed by atoms with van der Waals surface area (Å²) in [5, 5.41) is 1.17. The summed E-state index contributed by atoms with van der Waals surface area (Å²) in [6.07, 6.45) is 4.79. The molecule has 2 heterocycles. The number of halogens is 2. The predicted octanol–water partition coefficient (Wildman–Crippen LogP) is 3.47. The molecule has 1 aliphatic carbocycles. The first-order valence-corrected chi connectivity index (χ1v) is 8.28. The van der Waals surface area contributed by atoms with Crippen molar-refractivity contribution in [3.8, 4) is 5.88 Å². The van der Waals surface area contributed by atoms with Crippen molar-refractivity contribution in [2.75, 3.05) is 0 Å². The van der Waals surface area contributed by atoms with Crippen molar-refractivity contribution in [2.45, 2.75) is 31.8 Å². The van der Waals surface area contributed by atoms with Gasteiger partial charge in [0.2, 0.25) is 11.8 Å². The van der Waals surface area contributed by atoms with Gasteiger partial charge in [-0.2, -0.15) is 0 Å². The van der Waals surface area contributed by atoms with E-state index in [0.29, 0.717) is 11.0 Å². The van der Waals surface area contributed by atoms with E-state index in [9.17, 15) is 4.79 Å². The summed E-state index contributed by atoms with van der Waals surface area (Å²) in [7, 11) is 0. The first-order chi connectivity index (χ1) is 10.5. The minimum atomic E-state index is -0.224. The van der Waals surface area contributed by atoms with Crippen molar-refractivity contribution in [3.63, 3.8) is 0 Å². The topological polar surface area (TPSA) is 78.1 Å². The van der Waals surface area contributed by atoms with E-state index in [2.05, 4.69) is 25.9 Å². The molecule has 7 heteroatoms. The summed E-state index contributed by atoms with van der Waals surface area (Å²) in [4.78, 5) is 19.8. The third-order valence-electron chi connectivity index (χ3n) is 3.93. The highest BCUT2D eigenvalue weighted by atomic mass is 79.9. The van der Waals surface area contributed by atoms with E-state index in [1.807, 2.05) is 6.07 Å². The van der Waals surface area contributed by atoms with Crippen LogP contribution in [-0.4, -0.2) is 22.0 Å². The molecule has 0 unspecified atom stereocenters. The Balaban J connectivity index is 1.82. The number of nitrogens with two attached hydrogens (primary N) is 1. The van der Waals surface area contributed by atoms with Gasteiger partial charge in [-0.1, -0.05) is 11.6 Å². The van der Waals surface area contributed by atoms with Crippen LogP contribution in [0.2, 0.25) is 5.15 Å². The third-order valence-corrected chi connectivity index (χ3v) is 4.56. The fraction of sp³-hybridized carbons (Fsp3) is 0.400. The number of carbonyl (C=O) groups is 1. The molecular formula is C15H15BrClN3O2. The van der Waals surface area contributed by atoms with Gasteiger partial charge in [-0.25, -0.2) is 4.98 Å². The minimum absolute atomic E-state index is 0.0174. The Labute approximate surface area is 141 Å². The molecule has 2 aromatic heterocycles. The van der Waals surface area contributed by atoms with Crippen LogP contribution in [-0.2, 0) is 4.79 Å². The fourth-order valence-corrected chi connectivity index (χ4v) is 3.26. The Bertz CT molecular complexity index is 717. The maximum atomic E-state index is 11.2. The van der Waals surface area contributed by atoms with Crippen molar-refractivity contribution >= 4 is 44.3 Å². The molecule has 2 aromatic rings. The van der Waals surface area contributed by atoms with Crippen LogP contribution in [0.25, 0.3) is 10.9 Å². The SMILES string of the molecule is NC(=O)[C@H]1CC[C@@H](Oc2nc(Cl)cc3ncc(Br)cc23)CC1. The molecule has 1 saturated carbocycles. The van der Waals surface area contributed by atoms with Crippen molar-refractivity contribution in [2.24, 2.45) is 11.7 Å². The molecule has 0 saturated heterocycles. The van der Waals surface area contributed by atoms with Crippen molar-refractivity contribution < 1.29 is 9.53 Å². The maximum absolute atomic E-state index is 11.2. The number of primary amides is 1. The average molecular weight is 385 g/mol. The third kappa shape index (κ3) is 3.33. The van der Waals surface area contributed by atoms with Crippen LogP contribution in [0.1, 0.15) is 25.7 Å². The number of carbonyl (C=O) groups excluding carboxylic acids is 1. The van der Waals surface area contributed by atoms with Gasteiger partial charge in [0.25, 0.3) is 0 Å². The molecular weight excluding hydrogens is 370 g/mol. The molecule has 3 rings (SSSR count). The highest BCUT2D eigenvalue weighted by Crippen LogP contribution is 2.32. The number of ether oxygens (including phenoxy) is 1. The summed E-state index contributed by atoms with van der Waals surface area (Å²) in [6.45, 7) is 0. The molecule has 0 bridgehead atoms. The largest absolute Gasteiger partial charge is 0.474 e. The van der Waals surface area contributed by atoms with Gasteiger partial charge >= 0.3 is 0 Å². The van der Waals surface area contributed by atoms with Crippen molar-refractivity contribution in [1.82, 2.24) is 9.97 Å². The lowest BCUT2D eigenvalue weighted by atomic mass is 9.87. The van der Waals surface area contributed by atoms with Gasteiger partial charge in [0.1, 0.15) is 11.3 Å². The van der Waals surface area contributed by atoms with E-state index in [-0.39, 0.29) is 17.9 Å². The van der Waals surface area contributed by atoms with E-state index in [0.717, 1.165) is 41.1 Å². The molecule has 116 valence electrons. The second-order valence-corrected chi connectivity index (χ2v) is 6.77. The lowest BCUT2D eigenvalue weighted by Crippen LogP contribution is -2.31. The summed E-state index contributed by atoms with van der Waals surface area (Å²) >= 11 is 9.45. The summed E-state index contributed by atoms with van der Waals surface area (Å²) in [5.74, 6) is 0.219. The molecule has 0 aromatic carbocycles.